The van der Waals surface area contributed by atoms with Gasteiger partial charge in [0.15, 0.2) is 0 Å². The van der Waals surface area contributed by atoms with E-state index in [2.05, 4.69) is 17.4 Å². The molecule has 0 bridgehead atoms. The van der Waals surface area contributed by atoms with Gasteiger partial charge < -0.3 is 0 Å². The second kappa shape index (κ2) is 8.18. The molecule has 5 N–H and O–H groups in total. The van der Waals surface area contributed by atoms with Crippen molar-refractivity contribution in [2.75, 3.05) is 0 Å². The quantitative estimate of drug-likeness (QED) is 0.366. The second-order valence-electron chi connectivity index (χ2n) is 3.07. The first-order valence-electron chi connectivity index (χ1n) is 5.42. The Kier molecular flexibility index (Phi) is 7.21. The van der Waals surface area contributed by atoms with Gasteiger partial charge in [-0.05, 0) is 12.5 Å². The fraction of sp³-hybridized carbons (Fsp3) is 0.250. The summed E-state index contributed by atoms with van der Waals surface area (Å²) in [5.74, 6) is 4.89. The van der Waals surface area contributed by atoms with Gasteiger partial charge in [-0.3, -0.25) is 16.3 Å². The van der Waals surface area contributed by atoms with Crippen molar-refractivity contribution in [1.82, 2.24) is 16.3 Å². The van der Waals surface area contributed by atoms with Crippen molar-refractivity contribution in [2.45, 2.75) is 20.8 Å². The Morgan fingerprint density at radius 1 is 1.18 bits per heavy atom. The minimum atomic E-state index is -0.525. The predicted molar refractivity (Wildman–Crippen MR) is 70.6 cm³/mol. The Morgan fingerprint density at radius 2 is 1.71 bits per heavy atom. The SMILES string of the molecule is C=C(NNC(=O)NN)c1ccc(C)cc1.CC. The molecule has 5 nitrogen and oxygen atoms in total. The van der Waals surface area contributed by atoms with Crippen LogP contribution in [0.2, 0.25) is 0 Å². The number of rotatable bonds is 3. The molecule has 0 saturated carbocycles. The van der Waals surface area contributed by atoms with Crippen LogP contribution < -0.4 is 22.1 Å². The summed E-state index contributed by atoms with van der Waals surface area (Å²) in [6.45, 7) is 9.77. The molecule has 0 radical (unpaired) electrons. The number of carbonyl (C=O) groups excluding carboxylic acids is 1. The molecule has 0 saturated heterocycles. The number of nitrogens with two attached hydrogens (primary N) is 1. The van der Waals surface area contributed by atoms with Gasteiger partial charge in [0.25, 0.3) is 0 Å². The van der Waals surface area contributed by atoms with E-state index in [0.717, 1.165) is 5.56 Å². The molecule has 1 aromatic rings. The van der Waals surface area contributed by atoms with Crippen molar-refractivity contribution < 1.29 is 4.79 Å². The van der Waals surface area contributed by atoms with Crippen LogP contribution in [0.3, 0.4) is 0 Å². The molecule has 1 aromatic carbocycles. The Labute approximate surface area is 102 Å². The summed E-state index contributed by atoms with van der Waals surface area (Å²) in [6, 6.07) is 7.22. The van der Waals surface area contributed by atoms with Crippen LogP contribution in [0.1, 0.15) is 25.0 Å². The van der Waals surface area contributed by atoms with Gasteiger partial charge in [-0.15, -0.1) is 0 Å². The maximum absolute atomic E-state index is 10.8. The lowest BCUT2D eigenvalue weighted by atomic mass is 10.1. The molecule has 0 spiro atoms. The molecular formula is C12H20N4O. The third-order valence-electron chi connectivity index (χ3n) is 1.86. The maximum atomic E-state index is 10.8. The number of hydrogen-bond donors (Lipinski definition) is 4. The van der Waals surface area contributed by atoms with E-state index in [1.165, 1.54) is 5.56 Å². The van der Waals surface area contributed by atoms with Gasteiger partial charge in [-0.1, -0.05) is 50.3 Å². The van der Waals surface area contributed by atoms with E-state index in [4.69, 9.17) is 5.84 Å². The normalized spacial score (nSPS) is 8.47. The number of carbonyl (C=O) groups is 1. The van der Waals surface area contributed by atoms with E-state index in [9.17, 15) is 4.79 Å². The average molecular weight is 236 g/mol. The Bertz CT molecular complexity index is 359. The van der Waals surface area contributed by atoms with Crippen LogP contribution in [0.15, 0.2) is 30.8 Å². The van der Waals surface area contributed by atoms with Crippen molar-refractivity contribution in [1.29, 1.82) is 0 Å². The van der Waals surface area contributed by atoms with Crippen LogP contribution >= 0.6 is 0 Å². The molecular weight excluding hydrogens is 216 g/mol. The lowest BCUT2D eigenvalue weighted by Crippen LogP contribution is -2.45. The number of amides is 2. The zero-order valence-corrected chi connectivity index (χ0v) is 10.5. The van der Waals surface area contributed by atoms with E-state index in [-0.39, 0.29) is 0 Å². The Balaban J connectivity index is 0.00000121. The number of nitrogens with one attached hydrogen (secondary N) is 3. The molecule has 1 rings (SSSR count). The van der Waals surface area contributed by atoms with Crippen LogP contribution in [0.5, 0.6) is 0 Å². The molecule has 0 fully saturated rings. The lowest BCUT2D eigenvalue weighted by Gasteiger charge is -2.10. The van der Waals surface area contributed by atoms with Crippen LogP contribution in [0.25, 0.3) is 5.70 Å². The van der Waals surface area contributed by atoms with E-state index in [0.29, 0.717) is 5.70 Å². The van der Waals surface area contributed by atoms with Gasteiger partial charge in [0, 0.05) is 0 Å². The van der Waals surface area contributed by atoms with Gasteiger partial charge in [-0.2, -0.15) is 0 Å². The highest BCUT2D eigenvalue weighted by Crippen LogP contribution is 2.09. The standard InChI is InChI=1S/C10H14N4O.C2H6/c1-7-3-5-9(6-4-7)8(2)13-14-10(15)12-11;1-2/h3-6,13H,2,11H2,1H3,(H2,12,14,15);1-2H3. The summed E-state index contributed by atoms with van der Waals surface area (Å²) in [5.41, 5.74) is 9.54. The molecule has 0 heterocycles. The second-order valence-corrected chi connectivity index (χ2v) is 3.07. The molecule has 0 unspecified atom stereocenters. The first-order valence-corrected chi connectivity index (χ1v) is 5.42. The summed E-state index contributed by atoms with van der Waals surface area (Å²) in [7, 11) is 0. The van der Waals surface area contributed by atoms with Crippen LogP contribution in [0.4, 0.5) is 4.79 Å². The molecule has 94 valence electrons. The molecule has 0 aliphatic rings. The van der Waals surface area contributed by atoms with Crippen LogP contribution in [0, 0.1) is 6.92 Å². The molecule has 17 heavy (non-hydrogen) atoms. The van der Waals surface area contributed by atoms with Crippen molar-refractivity contribution >= 4 is 11.7 Å². The minimum Gasteiger partial charge on any atom is -0.297 e. The Morgan fingerprint density at radius 3 is 2.18 bits per heavy atom. The third kappa shape index (κ3) is 5.58. The summed E-state index contributed by atoms with van der Waals surface area (Å²) >= 11 is 0. The van der Waals surface area contributed by atoms with Gasteiger partial charge in [-0.25, -0.2) is 10.6 Å². The van der Waals surface area contributed by atoms with Gasteiger partial charge >= 0.3 is 6.03 Å². The van der Waals surface area contributed by atoms with Crippen LogP contribution in [-0.2, 0) is 0 Å². The van der Waals surface area contributed by atoms with Crippen molar-refractivity contribution in [3.8, 4) is 0 Å². The van der Waals surface area contributed by atoms with Gasteiger partial charge in [0.05, 0.1) is 5.70 Å². The fourth-order valence-corrected chi connectivity index (χ4v) is 0.995. The molecule has 5 heteroatoms. The lowest BCUT2D eigenvalue weighted by molar-refractivity contribution is 0.239. The first-order chi connectivity index (χ1) is 8.13. The third-order valence-corrected chi connectivity index (χ3v) is 1.86. The molecule has 2 amide bonds. The van der Waals surface area contributed by atoms with E-state index in [1.54, 1.807) is 0 Å². The van der Waals surface area contributed by atoms with Gasteiger partial charge in [0.2, 0.25) is 0 Å². The monoisotopic (exact) mass is 236 g/mol. The highest BCUT2D eigenvalue weighted by molar-refractivity contribution is 5.74. The van der Waals surface area contributed by atoms with E-state index < -0.39 is 6.03 Å². The van der Waals surface area contributed by atoms with Crippen molar-refractivity contribution in [2.24, 2.45) is 5.84 Å². The summed E-state index contributed by atoms with van der Waals surface area (Å²) in [6.07, 6.45) is 0. The molecule has 0 atom stereocenters. The van der Waals surface area contributed by atoms with Gasteiger partial charge in [0.1, 0.15) is 0 Å². The topological polar surface area (TPSA) is 79.2 Å². The smallest absolute Gasteiger partial charge is 0.297 e. The highest BCUT2D eigenvalue weighted by atomic mass is 16.2. The van der Waals surface area contributed by atoms with E-state index >= 15 is 0 Å². The van der Waals surface area contributed by atoms with E-state index in [1.807, 2.05) is 50.5 Å². The summed E-state index contributed by atoms with van der Waals surface area (Å²) < 4.78 is 0. The van der Waals surface area contributed by atoms with Crippen molar-refractivity contribution in [3.63, 3.8) is 0 Å². The molecule has 0 aromatic heterocycles. The predicted octanol–water partition coefficient (Wildman–Crippen LogP) is 1.67. The zero-order valence-electron chi connectivity index (χ0n) is 10.5. The fourth-order valence-electron chi connectivity index (χ4n) is 0.995. The number of hydrazine groups is 2. The number of benzene rings is 1. The number of aryl methyl sites for hydroxylation is 1. The number of hydrogen-bond acceptors (Lipinski definition) is 3. The zero-order chi connectivity index (χ0) is 13.3. The van der Waals surface area contributed by atoms with Crippen molar-refractivity contribution in [3.05, 3.63) is 42.0 Å². The first kappa shape index (κ1) is 15.0. The van der Waals surface area contributed by atoms with Crippen LogP contribution in [-0.4, -0.2) is 6.03 Å². The summed E-state index contributed by atoms with van der Waals surface area (Å²) in [5, 5.41) is 0. The summed E-state index contributed by atoms with van der Waals surface area (Å²) in [4.78, 5) is 10.8. The minimum absolute atomic E-state index is 0.525. The largest absolute Gasteiger partial charge is 0.347 e. The molecule has 0 aliphatic carbocycles. The average Bonchev–Trinajstić information content (AvgIpc) is 2.38. The highest BCUT2D eigenvalue weighted by Gasteiger charge is 1.99. The Hall–Kier alpha value is -2.01. The molecule has 0 aliphatic heterocycles. The maximum Gasteiger partial charge on any atom is 0.347 e. The number of urea groups is 1.